The van der Waals surface area contributed by atoms with E-state index in [0.717, 1.165) is 64.2 Å². The molecule has 0 aromatic heterocycles. The van der Waals surface area contributed by atoms with Gasteiger partial charge in [-0.2, -0.15) is 0 Å². The van der Waals surface area contributed by atoms with Crippen molar-refractivity contribution in [2.75, 3.05) is 13.2 Å². The van der Waals surface area contributed by atoms with Crippen LogP contribution in [0.3, 0.4) is 0 Å². The van der Waals surface area contributed by atoms with E-state index < -0.39 is 6.10 Å². The molecular formula is C59H112O6. The molecule has 6 heteroatoms. The Morgan fingerprint density at radius 3 is 0.800 bits per heavy atom. The molecule has 65 heavy (non-hydrogen) atoms. The van der Waals surface area contributed by atoms with Gasteiger partial charge in [0.25, 0.3) is 0 Å². The predicted octanol–water partition coefficient (Wildman–Crippen LogP) is 19.3. The van der Waals surface area contributed by atoms with Gasteiger partial charge in [-0.15, -0.1) is 0 Å². The molecule has 0 aromatic carbocycles. The summed E-state index contributed by atoms with van der Waals surface area (Å²) in [4.78, 5) is 37.9. The molecule has 0 amide bonds. The Balaban J connectivity index is 4.02. The summed E-state index contributed by atoms with van der Waals surface area (Å²) >= 11 is 0. The zero-order chi connectivity index (χ0) is 47.2. The number of rotatable bonds is 54. The fourth-order valence-corrected chi connectivity index (χ4v) is 8.85. The molecule has 0 fully saturated rings. The smallest absolute Gasteiger partial charge is 0.306 e. The van der Waals surface area contributed by atoms with E-state index in [9.17, 15) is 14.4 Å². The van der Waals surface area contributed by atoms with E-state index >= 15 is 0 Å². The lowest BCUT2D eigenvalue weighted by atomic mass is 10.0. The molecule has 0 N–H and O–H groups in total. The molecule has 0 aliphatic heterocycles. The van der Waals surface area contributed by atoms with E-state index in [1.165, 1.54) is 225 Å². The van der Waals surface area contributed by atoms with Gasteiger partial charge < -0.3 is 14.2 Å². The van der Waals surface area contributed by atoms with Gasteiger partial charge in [-0.05, 0) is 44.9 Å². The summed E-state index contributed by atoms with van der Waals surface area (Å²) in [5, 5.41) is 0. The van der Waals surface area contributed by atoms with Crippen molar-refractivity contribution >= 4 is 17.9 Å². The normalized spacial score (nSPS) is 12.0. The van der Waals surface area contributed by atoms with Gasteiger partial charge in [0, 0.05) is 19.3 Å². The molecule has 0 saturated carbocycles. The molecule has 0 aliphatic carbocycles. The van der Waals surface area contributed by atoms with Crippen molar-refractivity contribution in [3.05, 3.63) is 12.2 Å². The number of hydrogen-bond donors (Lipinski definition) is 0. The minimum Gasteiger partial charge on any atom is -0.462 e. The van der Waals surface area contributed by atoms with Gasteiger partial charge in [0.05, 0.1) is 0 Å². The third-order valence-electron chi connectivity index (χ3n) is 13.3. The van der Waals surface area contributed by atoms with Crippen LogP contribution in [0.5, 0.6) is 0 Å². The number of esters is 3. The molecule has 0 aliphatic rings. The Morgan fingerprint density at radius 1 is 0.292 bits per heavy atom. The van der Waals surface area contributed by atoms with Crippen LogP contribution in [0.2, 0.25) is 0 Å². The van der Waals surface area contributed by atoms with Crippen LogP contribution < -0.4 is 0 Å². The molecule has 0 saturated heterocycles. The quantitative estimate of drug-likeness (QED) is 0.0262. The lowest BCUT2D eigenvalue weighted by molar-refractivity contribution is -0.167. The lowest BCUT2D eigenvalue weighted by Gasteiger charge is -2.18. The maximum absolute atomic E-state index is 12.8. The van der Waals surface area contributed by atoms with Crippen LogP contribution in [0.1, 0.15) is 329 Å². The third-order valence-corrected chi connectivity index (χ3v) is 13.3. The zero-order valence-electron chi connectivity index (χ0n) is 44.0. The van der Waals surface area contributed by atoms with Crippen molar-refractivity contribution in [1.29, 1.82) is 0 Å². The second-order valence-corrected chi connectivity index (χ2v) is 19.9. The molecule has 0 aromatic rings. The van der Waals surface area contributed by atoms with E-state index in [1.807, 2.05) is 0 Å². The number of hydrogen-bond acceptors (Lipinski definition) is 6. The molecule has 0 spiro atoms. The number of carbonyl (C=O) groups is 3. The van der Waals surface area contributed by atoms with Crippen LogP contribution in [0.4, 0.5) is 0 Å². The average Bonchev–Trinajstić information content (AvgIpc) is 3.30. The molecule has 0 bridgehead atoms. The maximum Gasteiger partial charge on any atom is 0.306 e. The first-order valence-corrected chi connectivity index (χ1v) is 29.2. The molecule has 1 unspecified atom stereocenters. The summed E-state index contributed by atoms with van der Waals surface area (Å²) in [6, 6.07) is 0. The van der Waals surface area contributed by atoms with Gasteiger partial charge >= 0.3 is 17.9 Å². The number of allylic oxidation sites excluding steroid dienone is 2. The van der Waals surface area contributed by atoms with Crippen LogP contribution in [-0.4, -0.2) is 37.2 Å². The van der Waals surface area contributed by atoms with Crippen molar-refractivity contribution in [1.82, 2.24) is 0 Å². The highest BCUT2D eigenvalue weighted by Crippen LogP contribution is 2.18. The van der Waals surface area contributed by atoms with Gasteiger partial charge in [-0.3, -0.25) is 14.4 Å². The standard InChI is InChI=1S/C59H112O6/c1-4-7-10-13-16-19-21-23-24-25-26-27-28-29-30-31-32-33-34-35-36-37-39-40-43-46-49-52-58(61)64-55-56(54-63-57(60)51-48-45-42-18-15-12-9-6-3)65-59(62)53-50-47-44-41-38-22-20-17-14-11-8-5-2/h17,20,56H,4-16,18-19,21-55H2,1-3H3/b20-17-. The van der Waals surface area contributed by atoms with Gasteiger partial charge in [0.1, 0.15) is 13.2 Å². The molecule has 6 nitrogen and oxygen atoms in total. The SMILES string of the molecule is CCCCC/C=C\CCCCCCCC(=O)OC(COC(=O)CCCCCCCCCC)COC(=O)CCCCCCCCCCCCCCCCCCCCCCCCCCCCC. The highest BCUT2D eigenvalue weighted by Gasteiger charge is 2.19. The number of carbonyl (C=O) groups excluding carboxylic acids is 3. The Kier molecular flexibility index (Phi) is 53.2. The van der Waals surface area contributed by atoms with Crippen molar-refractivity contribution in [3.63, 3.8) is 0 Å². The Morgan fingerprint density at radius 2 is 0.508 bits per heavy atom. The topological polar surface area (TPSA) is 78.9 Å². The van der Waals surface area contributed by atoms with Gasteiger partial charge in [0.15, 0.2) is 6.10 Å². The van der Waals surface area contributed by atoms with Crippen LogP contribution >= 0.6 is 0 Å². The van der Waals surface area contributed by atoms with Crippen molar-refractivity contribution < 1.29 is 28.6 Å². The van der Waals surface area contributed by atoms with E-state index in [4.69, 9.17) is 14.2 Å². The fraction of sp³-hybridized carbons (Fsp3) is 0.915. The number of unbranched alkanes of at least 4 members (excludes halogenated alkanes) is 41. The van der Waals surface area contributed by atoms with Gasteiger partial charge in [-0.25, -0.2) is 0 Å². The summed E-state index contributed by atoms with van der Waals surface area (Å²) < 4.78 is 16.8. The summed E-state index contributed by atoms with van der Waals surface area (Å²) in [6.07, 6.45) is 62.4. The van der Waals surface area contributed by atoms with Gasteiger partial charge in [-0.1, -0.05) is 277 Å². The Labute approximate surface area is 405 Å². The zero-order valence-corrected chi connectivity index (χ0v) is 44.0. The largest absolute Gasteiger partial charge is 0.462 e. The summed E-state index contributed by atoms with van der Waals surface area (Å²) in [7, 11) is 0. The monoisotopic (exact) mass is 917 g/mol. The van der Waals surface area contributed by atoms with E-state index in [0.29, 0.717) is 19.3 Å². The first-order valence-electron chi connectivity index (χ1n) is 29.2. The molecule has 0 heterocycles. The van der Waals surface area contributed by atoms with Crippen molar-refractivity contribution in [2.24, 2.45) is 0 Å². The number of ether oxygens (including phenoxy) is 3. The minimum absolute atomic E-state index is 0.0684. The molecular weight excluding hydrogens is 805 g/mol. The Bertz CT molecular complexity index is 1010. The van der Waals surface area contributed by atoms with Crippen LogP contribution in [0.25, 0.3) is 0 Å². The van der Waals surface area contributed by atoms with E-state index in [-0.39, 0.29) is 31.1 Å². The van der Waals surface area contributed by atoms with E-state index in [2.05, 4.69) is 32.9 Å². The van der Waals surface area contributed by atoms with Gasteiger partial charge in [0.2, 0.25) is 0 Å². The average molecular weight is 918 g/mol. The first-order chi connectivity index (χ1) is 32.0. The van der Waals surface area contributed by atoms with Crippen LogP contribution in [0, 0.1) is 0 Å². The second kappa shape index (κ2) is 54.8. The predicted molar refractivity (Wildman–Crippen MR) is 280 cm³/mol. The second-order valence-electron chi connectivity index (χ2n) is 19.9. The minimum atomic E-state index is -0.767. The van der Waals surface area contributed by atoms with Crippen LogP contribution in [0.15, 0.2) is 12.2 Å². The summed E-state index contributed by atoms with van der Waals surface area (Å²) in [6.45, 7) is 6.62. The summed E-state index contributed by atoms with van der Waals surface area (Å²) in [5.74, 6) is -0.864. The Hall–Kier alpha value is -1.85. The highest BCUT2D eigenvalue weighted by atomic mass is 16.6. The highest BCUT2D eigenvalue weighted by molar-refractivity contribution is 5.71. The van der Waals surface area contributed by atoms with Crippen LogP contribution in [-0.2, 0) is 28.6 Å². The van der Waals surface area contributed by atoms with E-state index in [1.54, 1.807) is 0 Å². The molecule has 1 atom stereocenters. The van der Waals surface area contributed by atoms with Crippen molar-refractivity contribution in [3.8, 4) is 0 Å². The lowest BCUT2D eigenvalue weighted by Crippen LogP contribution is -2.30. The molecule has 0 radical (unpaired) electrons. The molecule has 0 rings (SSSR count). The van der Waals surface area contributed by atoms with Crippen molar-refractivity contribution in [2.45, 2.75) is 335 Å². The first kappa shape index (κ1) is 63.1. The summed E-state index contributed by atoms with van der Waals surface area (Å²) in [5.41, 5.74) is 0. The fourth-order valence-electron chi connectivity index (χ4n) is 8.85. The third kappa shape index (κ3) is 53.0. The molecule has 384 valence electrons. The maximum atomic E-state index is 12.8.